The Balaban J connectivity index is 2.38. The number of aliphatic hydroxyl groups excluding tert-OH is 1. The van der Waals surface area contributed by atoms with E-state index in [-0.39, 0.29) is 5.75 Å². The molecule has 0 fully saturated rings. The minimum absolute atomic E-state index is 0.121. The lowest BCUT2D eigenvalue weighted by Gasteiger charge is -2.16. The van der Waals surface area contributed by atoms with E-state index in [0.717, 1.165) is 17.5 Å². The Morgan fingerprint density at radius 2 is 1.63 bits per heavy atom. The number of aliphatic hydroxyl groups is 1. The molecule has 0 radical (unpaired) electrons. The summed E-state index contributed by atoms with van der Waals surface area (Å²) in [5, 5.41) is 20.3. The minimum Gasteiger partial charge on any atom is -0.508 e. The Kier molecular flexibility index (Phi) is 4.37. The molecule has 0 aromatic heterocycles. The lowest BCUT2D eigenvalue weighted by molar-refractivity contribution is 0.214. The quantitative estimate of drug-likeness (QED) is 0.818. The molecule has 2 heteroatoms. The normalized spacial score (nSPS) is 12.7. The summed E-state index contributed by atoms with van der Waals surface area (Å²) >= 11 is 0. The molecule has 2 aromatic rings. The first kappa shape index (κ1) is 13.4. The highest BCUT2D eigenvalue weighted by Gasteiger charge is 2.16. The average Bonchev–Trinajstić information content (AvgIpc) is 2.45. The Morgan fingerprint density at radius 1 is 1.00 bits per heavy atom. The summed E-state index contributed by atoms with van der Waals surface area (Å²) in [6.07, 6.45) is 4.01. The van der Waals surface area contributed by atoms with Gasteiger partial charge >= 0.3 is 0 Å². The summed E-state index contributed by atoms with van der Waals surface area (Å²) in [4.78, 5) is 0. The van der Waals surface area contributed by atoms with Gasteiger partial charge in [0.1, 0.15) is 11.9 Å². The second-order valence-corrected chi connectivity index (χ2v) is 4.43. The number of allylic oxidation sites excluding steroid dienone is 2. The molecule has 0 saturated carbocycles. The molecule has 98 valence electrons. The van der Waals surface area contributed by atoms with Gasteiger partial charge in [-0.3, -0.25) is 0 Å². The molecule has 2 nitrogen and oxygen atoms in total. The maximum atomic E-state index is 10.5. The van der Waals surface area contributed by atoms with E-state index in [0.29, 0.717) is 5.56 Å². The first-order chi connectivity index (χ1) is 9.24. The first-order valence-corrected chi connectivity index (χ1v) is 6.39. The zero-order chi connectivity index (χ0) is 13.7. The van der Waals surface area contributed by atoms with Gasteiger partial charge in [0.2, 0.25) is 0 Å². The zero-order valence-corrected chi connectivity index (χ0v) is 11.0. The fourth-order valence-electron chi connectivity index (χ4n) is 2.12. The molecular weight excluding hydrogens is 236 g/mol. The molecular formula is C17H18O2. The Bertz CT molecular complexity index is 573. The van der Waals surface area contributed by atoms with Crippen LogP contribution in [0, 0.1) is 0 Å². The van der Waals surface area contributed by atoms with Crippen LogP contribution in [0.2, 0.25) is 0 Å². The predicted octanol–water partition coefficient (Wildman–Crippen LogP) is 3.59. The number of rotatable bonds is 4. The van der Waals surface area contributed by atoms with Crippen LogP contribution in [-0.4, -0.2) is 10.2 Å². The van der Waals surface area contributed by atoms with Gasteiger partial charge in [-0.15, -0.1) is 0 Å². The number of benzene rings is 2. The lowest BCUT2D eigenvalue weighted by atomic mass is 9.94. The highest BCUT2D eigenvalue weighted by atomic mass is 16.3. The lowest BCUT2D eigenvalue weighted by Crippen LogP contribution is -2.03. The number of para-hydroxylation sites is 1. The molecule has 0 saturated heterocycles. The van der Waals surface area contributed by atoms with E-state index in [2.05, 4.69) is 6.08 Å². The van der Waals surface area contributed by atoms with Crippen LogP contribution in [0.3, 0.4) is 0 Å². The molecule has 19 heavy (non-hydrogen) atoms. The molecule has 0 amide bonds. The summed E-state index contributed by atoms with van der Waals surface area (Å²) in [6.45, 7) is 1.97. The topological polar surface area (TPSA) is 40.5 Å². The second kappa shape index (κ2) is 6.21. The largest absolute Gasteiger partial charge is 0.508 e. The number of hydrogen-bond acceptors (Lipinski definition) is 2. The van der Waals surface area contributed by atoms with Crippen molar-refractivity contribution in [3.05, 3.63) is 77.4 Å². The molecule has 0 aliphatic heterocycles. The monoisotopic (exact) mass is 254 g/mol. The highest BCUT2D eigenvalue weighted by Crippen LogP contribution is 2.30. The van der Waals surface area contributed by atoms with Crippen molar-refractivity contribution < 1.29 is 10.2 Å². The van der Waals surface area contributed by atoms with E-state index in [9.17, 15) is 10.2 Å². The van der Waals surface area contributed by atoms with Crippen LogP contribution in [0.5, 0.6) is 5.75 Å². The standard InChI is InChI=1S/C17H18O2/c1-2-3-8-13-9-4-5-10-14(13)17(19)15-11-6-7-12-16(15)18/h2-7,9-12,17-19H,8H2,1H3/b3-2+. The van der Waals surface area contributed by atoms with E-state index < -0.39 is 6.10 Å². The molecule has 0 heterocycles. The van der Waals surface area contributed by atoms with Crippen LogP contribution in [0.25, 0.3) is 0 Å². The second-order valence-electron chi connectivity index (χ2n) is 4.43. The van der Waals surface area contributed by atoms with E-state index in [1.165, 1.54) is 0 Å². The van der Waals surface area contributed by atoms with Crippen molar-refractivity contribution in [1.82, 2.24) is 0 Å². The van der Waals surface area contributed by atoms with Gasteiger partial charge in [-0.25, -0.2) is 0 Å². The van der Waals surface area contributed by atoms with Gasteiger partial charge in [-0.2, -0.15) is 0 Å². The molecule has 0 spiro atoms. The van der Waals surface area contributed by atoms with E-state index in [4.69, 9.17) is 0 Å². The highest BCUT2D eigenvalue weighted by molar-refractivity contribution is 5.42. The van der Waals surface area contributed by atoms with Crippen molar-refractivity contribution in [1.29, 1.82) is 0 Å². The summed E-state index contributed by atoms with van der Waals surface area (Å²) in [7, 11) is 0. The Labute approximate surface area is 113 Å². The molecule has 0 aliphatic carbocycles. The summed E-state index contributed by atoms with van der Waals surface area (Å²) in [5.74, 6) is 0.121. The van der Waals surface area contributed by atoms with E-state index >= 15 is 0 Å². The van der Waals surface area contributed by atoms with Gasteiger partial charge in [0.05, 0.1) is 0 Å². The zero-order valence-electron chi connectivity index (χ0n) is 11.0. The fraction of sp³-hybridized carbons (Fsp3) is 0.176. The molecule has 2 aromatic carbocycles. The van der Waals surface area contributed by atoms with Crippen LogP contribution in [0.15, 0.2) is 60.7 Å². The van der Waals surface area contributed by atoms with Crippen LogP contribution < -0.4 is 0 Å². The SMILES string of the molecule is C/C=C/Cc1ccccc1C(O)c1ccccc1O. The van der Waals surface area contributed by atoms with Gasteiger partial charge in [0.15, 0.2) is 0 Å². The molecule has 0 bridgehead atoms. The van der Waals surface area contributed by atoms with Gasteiger partial charge < -0.3 is 10.2 Å². The van der Waals surface area contributed by atoms with Crippen LogP contribution >= 0.6 is 0 Å². The molecule has 1 atom stereocenters. The Hall–Kier alpha value is -2.06. The number of hydrogen-bond donors (Lipinski definition) is 2. The summed E-state index contributed by atoms with van der Waals surface area (Å²) in [6, 6.07) is 14.6. The number of phenols is 1. The van der Waals surface area contributed by atoms with Crippen molar-refractivity contribution >= 4 is 0 Å². The summed E-state index contributed by atoms with van der Waals surface area (Å²) in [5.41, 5.74) is 2.44. The van der Waals surface area contributed by atoms with Gasteiger partial charge in [-0.05, 0) is 30.5 Å². The van der Waals surface area contributed by atoms with Crippen LogP contribution in [0.1, 0.15) is 29.7 Å². The van der Waals surface area contributed by atoms with Crippen molar-refractivity contribution in [3.63, 3.8) is 0 Å². The van der Waals surface area contributed by atoms with Crippen molar-refractivity contribution in [2.24, 2.45) is 0 Å². The van der Waals surface area contributed by atoms with E-state index in [1.807, 2.05) is 43.3 Å². The van der Waals surface area contributed by atoms with Gasteiger partial charge in [0, 0.05) is 5.56 Å². The smallest absolute Gasteiger partial charge is 0.121 e. The predicted molar refractivity (Wildman–Crippen MR) is 77.1 cm³/mol. The fourth-order valence-corrected chi connectivity index (χ4v) is 2.12. The average molecular weight is 254 g/mol. The minimum atomic E-state index is -0.803. The number of phenolic OH excluding ortho intramolecular Hbond substituents is 1. The molecule has 1 unspecified atom stereocenters. The Morgan fingerprint density at radius 3 is 2.32 bits per heavy atom. The molecule has 0 aliphatic rings. The third-order valence-electron chi connectivity index (χ3n) is 3.15. The van der Waals surface area contributed by atoms with Crippen molar-refractivity contribution in [3.8, 4) is 5.75 Å². The maximum absolute atomic E-state index is 10.5. The molecule has 2 rings (SSSR count). The van der Waals surface area contributed by atoms with Gasteiger partial charge in [-0.1, -0.05) is 54.6 Å². The number of aromatic hydroxyl groups is 1. The molecule has 2 N–H and O–H groups in total. The third-order valence-corrected chi connectivity index (χ3v) is 3.15. The van der Waals surface area contributed by atoms with Crippen LogP contribution in [-0.2, 0) is 6.42 Å². The van der Waals surface area contributed by atoms with E-state index in [1.54, 1.807) is 18.2 Å². The van der Waals surface area contributed by atoms with Gasteiger partial charge in [0.25, 0.3) is 0 Å². The van der Waals surface area contributed by atoms with Crippen LogP contribution in [0.4, 0.5) is 0 Å². The summed E-state index contributed by atoms with van der Waals surface area (Å²) < 4.78 is 0. The first-order valence-electron chi connectivity index (χ1n) is 6.39. The third kappa shape index (κ3) is 3.04. The maximum Gasteiger partial charge on any atom is 0.121 e. The van der Waals surface area contributed by atoms with Crippen molar-refractivity contribution in [2.45, 2.75) is 19.4 Å². The van der Waals surface area contributed by atoms with Crippen molar-refractivity contribution in [2.75, 3.05) is 0 Å².